The van der Waals surface area contributed by atoms with Crippen molar-refractivity contribution < 1.29 is 0 Å². The fourth-order valence-electron chi connectivity index (χ4n) is 2.53. The summed E-state index contributed by atoms with van der Waals surface area (Å²) < 4.78 is 1.26. The molecule has 2 unspecified atom stereocenters. The fourth-order valence-corrected chi connectivity index (χ4v) is 3.00. The lowest BCUT2D eigenvalue weighted by molar-refractivity contribution is 0.602. The first-order chi connectivity index (χ1) is 7.16. The Morgan fingerprint density at radius 1 is 1.47 bits per heavy atom. The summed E-state index contributed by atoms with van der Waals surface area (Å²) in [7, 11) is 5.83. The molecule has 1 N–H and O–H groups in total. The average Bonchev–Trinajstić information content (AvgIpc) is 2.67. The van der Waals surface area contributed by atoms with Crippen molar-refractivity contribution in [3.8, 4) is 0 Å². The van der Waals surface area contributed by atoms with Gasteiger partial charge in [-0.3, -0.25) is 0 Å². The lowest BCUT2D eigenvalue weighted by Crippen LogP contribution is -2.29. The largest absolute Gasteiger partial charge is 0.380 e. The molecular formula is C12H11BBrN. The molecule has 0 saturated heterocycles. The van der Waals surface area contributed by atoms with Crippen LogP contribution in [-0.2, 0) is 0 Å². The van der Waals surface area contributed by atoms with Gasteiger partial charge >= 0.3 is 0 Å². The van der Waals surface area contributed by atoms with E-state index in [-0.39, 0.29) is 0 Å². The van der Waals surface area contributed by atoms with E-state index in [0.29, 0.717) is 17.9 Å². The first kappa shape index (κ1) is 9.53. The topological polar surface area (TPSA) is 12.0 Å². The van der Waals surface area contributed by atoms with Gasteiger partial charge in [0.05, 0.1) is 6.04 Å². The van der Waals surface area contributed by atoms with Crippen LogP contribution in [0, 0.1) is 11.8 Å². The zero-order valence-corrected chi connectivity index (χ0v) is 10.1. The molecule has 0 bridgehead atoms. The van der Waals surface area contributed by atoms with Gasteiger partial charge in [0.15, 0.2) is 0 Å². The highest BCUT2D eigenvalue weighted by Crippen LogP contribution is 2.43. The molecule has 3 heteroatoms. The van der Waals surface area contributed by atoms with Crippen LogP contribution in [0.25, 0.3) is 0 Å². The molecule has 1 heterocycles. The molecule has 0 aromatic rings. The van der Waals surface area contributed by atoms with Crippen LogP contribution < -0.4 is 5.32 Å². The maximum Gasteiger partial charge on any atom is 0.113 e. The van der Waals surface area contributed by atoms with Crippen LogP contribution in [-0.4, -0.2) is 13.9 Å². The summed E-state index contributed by atoms with van der Waals surface area (Å²) in [6, 6.07) is 0.404. The maximum atomic E-state index is 5.83. The molecule has 3 atom stereocenters. The van der Waals surface area contributed by atoms with Gasteiger partial charge in [-0.2, -0.15) is 0 Å². The summed E-state index contributed by atoms with van der Waals surface area (Å²) in [5.74, 6) is 0.885. The Kier molecular flexibility index (Phi) is 2.00. The second-order valence-electron chi connectivity index (χ2n) is 4.34. The highest BCUT2D eigenvalue weighted by Gasteiger charge is 2.37. The van der Waals surface area contributed by atoms with Gasteiger partial charge in [0.2, 0.25) is 0 Å². The van der Waals surface area contributed by atoms with Crippen LogP contribution in [0.4, 0.5) is 0 Å². The predicted molar refractivity (Wildman–Crippen MR) is 66.6 cm³/mol. The van der Waals surface area contributed by atoms with Gasteiger partial charge in [-0.1, -0.05) is 41.1 Å². The van der Waals surface area contributed by atoms with Crippen molar-refractivity contribution in [2.75, 3.05) is 0 Å². The zero-order chi connectivity index (χ0) is 10.6. The molecule has 0 spiro atoms. The van der Waals surface area contributed by atoms with Gasteiger partial charge in [0, 0.05) is 22.0 Å². The van der Waals surface area contributed by atoms with E-state index in [1.54, 1.807) is 0 Å². The van der Waals surface area contributed by atoms with Gasteiger partial charge in [0.1, 0.15) is 7.85 Å². The highest BCUT2D eigenvalue weighted by atomic mass is 79.9. The van der Waals surface area contributed by atoms with Crippen molar-refractivity contribution in [2.24, 2.45) is 11.8 Å². The summed E-state index contributed by atoms with van der Waals surface area (Å²) in [5.41, 5.74) is 3.62. The van der Waals surface area contributed by atoms with Crippen LogP contribution in [0.5, 0.6) is 0 Å². The Morgan fingerprint density at radius 3 is 3.07 bits per heavy atom. The monoisotopic (exact) mass is 259 g/mol. The zero-order valence-electron chi connectivity index (χ0n) is 8.50. The van der Waals surface area contributed by atoms with Gasteiger partial charge in [-0.15, -0.1) is 5.47 Å². The Balaban J connectivity index is 2.02. The van der Waals surface area contributed by atoms with Crippen LogP contribution in [0.2, 0.25) is 0 Å². The third-order valence-corrected chi connectivity index (χ3v) is 4.30. The molecule has 0 saturated carbocycles. The van der Waals surface area contributed by atoms with Crippen molar-refractivity contribution in [1.82, 2.24) is 5.32 Å². The quantitative estimate of drug-likeness (QED) is 0.659. The minimum atomic E-state index is 0.404. The van der Waals surface area contributed by atoms with E-state index in [9.17, 15) is 0 Å². The summed E-state index contributed by atoms with van der Waals surface area (Å²) in [6.45, 7) is 2.21. The molecule has 0 amide bonds. The first-order valence-corrected chi connectivity index (χ1v) is 5.99. The number of hydrogen-bond donors (Lipinski definition) is 1. The molecule has 3 rings (SSSR count). The summed E-state index contributed by atoms with van der Waals surface area (Å²) >= 11 is 3.60. The van der Waals surface area contributed by atoms with E-state index < -0.39 is 0 Å². The summed E-state index contributed by atoms with van der Waals surface area (Å²) in [6.07, 6.45) is 8.53. The van der Waals surface area contributed by atoms with E-state index in [4.69, 9.17) is 7.85 Å². The molecule has 0 fully saturated rings. The fraction of sp³-hybridized carbons (Fsp3) is 0.333. The number of halogens is 1. The van der Waals surface area contributed by atoms with Crippen molar-refractivity contribution in [1.29, 1.82) is 0 Å². The molecule has 1 aliphatic heterocycles. The smallest absolute Gasteiger partial charge is 0.113 e. The Hall–Kier alpha value is -0.695. The third kappa shape index (κ3) is 1.29. The molecule has 1 nitrogen and oxygen atoms in total. The van der Waals surface area contributed by atoms with Gasteiger partial charge in [0.25, 0.3) is 0 Å². The number of allylic oxidation sites excluding steroid dienone is 4. The van der Waals surface area contributed by atoms with E-state index >= 15 is 0 Å². The van der Waals surface area contributed by atoms with Crippen LogP contribution in [0.1, 0.15) is 6.92 Å². The lowest BCUT2D eigenvalue weighted by atomic mass is 9.82. The van der Waals surface area contributed by atoms with Gasteiger partial charge in [-0.05, 0) is 11.6 Å². The minimum Gasteiger partial charge on any atom is -0.380 e. The number of fused-ring (bicyclic) bond motifs is 2. The molecule has 74 valence electrons. The lowest BCUT2D eigenvalue weighted by Gasteiger charge is -2.21. The van der Waals surface area contributed by atoms with E-state index in [1.165, 1.54) is 15.8 Å². The first-order valence-electron chi connectivity index (χ1n) is 5.20. The Bertz CT molecular complexity index is 445. The molecule has 0 aromatic carbocycles. The third-order valence-electron chi connectivity index (χ3n) is 3.39. The van der Waals surface area contributed by atoms with Crippen molar-refractivity contribution >= 4 is 23.8 Å². The average molecular weight is 260 g/mol. The molecule has 15 heavy (non-hydrogen) atoms. The molecule has 2 radical (unpaired) electrons. The van der Waals surface area contributed by atoms with E-state index in [1.807, 2.05) is 6.08 Å². The number of hydrogen-bond acceptors (Lipinski definition) is 1. The SMILES string of the molecule is [B]C1=CC2C3=C(N[C@H]2C=C1)C(C)C(Br)=C3. The van der Waals surface area contributed by atoms with Gasteiger partial charge < -0.3 is 5.32 Å². The minimum absolute atomic E-state index is 0.404. The predicted octanol–water partition coefficient (Wildman–Crippen LogP) is 2.38. The molecule has 0 aromatic heterocycles. The van der Waals surface area contributed by atoms with E-state index in [0.717, 1.165) is 5.47 Å². The van der Waals surface area contributed by atoms with E-state index in [2.05, 4.69) is 46.4 Å². The standard InChI is InChI=1S/C12H11BBrN/c1-6-10(14)5-9-8-4-7(13)2-3-11(8)15-12(6)9/h2-6,8,11,15H,1H3/t6?,8?,11-/m0/s1. The molecule has 2 aliphatic carbocycles. The normalized spacial score (nSPS) is 37.1. The second-order valence-corrected chi connectivity index (χ2v) is 5.26. The van der Waals surface area contributed by atoms with Crippen LogP contribution >= 0.6 is 15.9 Å². The van der Waals surface area contributed by atoms with Crippen molar-refractivity contribution in [2.45, 2.75) is 13.0 Å². The number of rotatable bonds is 0. The number of nitrogens with one attached hydrogen (secondary N) is 1. The van der Waals surface area contributed by atoms with Crippen molar-refractivity contribution in [3.05, 3.63) is 45.5 Å². The Labute approximate surface area is 99.5 Å². The van der Waals surface area contributed by atoms with Crippen molar-refractivity contribution in [3.63, 3.8) is 0 Å². The maximum absolute atomic E-state index is 5.83. The molecule has 3 aliphatic rings. The van der Waals surface area contributed by atoms with Crippen LogP contribution in [0.3, 0.4) is 0 Å². The summed E-state index contributed by atoms with van der Waals surface area (Å²) in [5, 5.41) is 3.57. The van der Waals surface area contributed by atoms with Crippen LogP contribution in [0.15, 0.2) is 45.5 Å². The Morgan fingerprint density at radius 2 is 2.27 bits per heavy atom. The second kappa shape index (κ2) is 3.15. The molecular weight excluding hydrogens is 249 g/mol. The summed E-state index contributed by atoms with van der Waals surface area (Å²) in [4.78, 5) is 0. The highest BCUT2D eigenvalue weighted by molar-refractivity contribution is 9.11. The van der Waals surface area contributed by atoms with Gasteiger partial charge in [-0.25, -0.2) is 0 Å².